The van der Waals surface area contributed by atoms with Crippen LogP contribution in [0.5, 0.6) is 5.75 Å². The van der Waals surface area contributed by atoms with E-state index in [2.05, 4.69) is 34.0 Å². The first-order valence-corrected chi connectivity index (χ1v) is 7.92. The summed E-state index contributed by atoms with van der Waals surface area (Å²) in [5, 5.41) is 4.48. The van der Waals surface area contributed by atoms with Crippen molar-refractivity contribution in [1.82, 2.24) is 9.78 Å². The van der Waals surface area contributed by atoms with Crippen molar-refractivity contribution in [1.29, 1.82) is 0 Å². The Morgan fingerprint density at radius 3 is 2.71 bits per heavy atom. The van der Waals surface area contributed by atoms with Gasteiger partial charge in [0.05, 0.1) is 15.9 Å². The van der Waals surface area contributed by atoms with Crippen LogP contribution in [0.3, 0.4) is 0 Å². The lowest BCUT2D eigenvalue weighted by Crippen LogP contribution is -2.09. The molecule has 0 bridgehead atoms. The Bertz CT molecular complexity index is 635. The zero-order chi connectivity index (χ0) is 15.6. The monoisotopic (exact) mass is 351 g/mol. The number of aromatic nitrogens is 2. The largest absolute Gasteiger partial charge is 0.487 e. The summed E-state index contributed by atoms with van der Waals surface area (Å²) >= 11 is 3.61. The van der Waals surface area contributed by atoms with E-state index in [9.17, 15) is 0 Å². The molecular weight excluding hydrogens is 330 g/mol. The molecule has 0 saturated carbocycles. The number of aryl methyl sites for hydroxylation is 3. The van der Waals surface area contributed by atoms with Gasteiger partial charge in [0.2, 0.25) is 0 Å². The van der Waals surface area contributed by atoms with Gasteiger partial charge < -0.3 is 10.5 Å². The number of benzene rings is 1. The summed E-state index contributed by atoms with van der Waals surface area (Å²) in [7, 11) is 1.94. The second kappa shape index (κ2) is 6.62. The maximum atomic E-state index is 6.01. The van der Waals surface area contributed by atoms with Gasteiger partial charge in [-0.05, 0) is 47.8 Å². The van der Waals surface area contributed by atoms with E-state index in [1.165, 1.54) is 0 Å². The Hall–Kier alpha value is -1.33. The van der Waals surface area contributed by atoms with Crippen LogP contribution in [0.2, 0.25) is 0 Å². The molecule has 0 spiro atoms. The molecule has 0 aliphatic heterocycles. The minimum Gasteiger partial charge on any atom is -0.487 e. The zero-order valence-electron chi connectivity index (χ0n) is 13.0. The first-order valence-electron chi connectivity index (χ1n) is 7.13. The van der Waals surface area contributed by atoms with Crippen LogP contribution in [0.15, 0.2) is 22.7 Å². The molecule has 2 N–H and O–H groups in total. The Morgan fingerprint density at radius 1 is 1.43 bits per heavy atom. The van der Waals surface area contributed by atoms with Crippen molar-refractivity contribution >= 4 is 15.9 Å². The summed E-state index contributed by atoms with van der Waals surface area (Å²) < 4.78 is 8.91. The van der Waals surface area contributed by atoms with E-state index in [0.717, 1.165) is 39.2 Å². The standard InChI is InChI=1S/C16H22BrN3O/c1-5-13-16(17)14(20(4)19-13)9-21-15-8-10(2)6-7-12(15)11(3)18/h6-8,11H,5,9,18H2,1-4H3/t11-/m1/s1. The Morgan fingerprint density at radius 2 is 2.14 bits per heavy atom. The molecule has 1 aromatic heterocycles. The highest BCUT2D eigenvalue weighted by Gasteiger charge is 2.14. The van der Waals surface area contributed by atoms with Crippen LogP contribution in [0.4, 0.5) is 0 Å². The molecule has 114 valence electrons. The van der Waals surface area contributed by atoms with Crippen molar-refractivity contribution in [2.45, 2.75) is 39.8 Å². The molecule has 4 nitrogen and oxygen atoms in total. The highest BCUT2D eigenvalue weighted by Crippen LogP contribution is 2.28. The van der Waals surface area contributed by atoms with E-state index < -0.39 is 0 Å². The molecule has 2 aromatic rings. The predicted octanol–water partition coefficient (Wildman–Crippen LogP) is 3.65. The Kier molecular flexibility index (Phi) is 5.06. The summed E-state index contributed by atoms with van der Waals surface area (Å²) in [6, 6.07) is 6.07. The minimum absolute atomic E-state index is 0.0539. The molecule has 0 amide bonds. The molecule has 0 aliphatic rings. The highest BCUT2D eigenvalue weighted by atomic mass is 79.9. The molecule has 0 saturated heterocycles. The van der Waals surface area contributed by atoms with Crippen molar-refractivity contribution in [2.75, 3.05) is 0 Å². The third-order valence-corrected chi connectivity index (χ3v) is 4.44. The van der Waals surface area contributed by atoms with E-state index in [1.807, 2.05) is 37.7 Å². The zero-order valence-corrected chi connectivity index (χ0v) is 14.6. The van der Waals surface area contributed by atoms with Crippen LogP contribution in [-0.2, 0) is 20.1 Å². The Labute approximate surface area is 134 Å². The van der Waals surface area contributed by atoms with Gasteiger partial charge >= 0.3 is 0 Å². The van der Waals surface area contributed by atoms with Crippen LogP contribution in [0.25, 0.3) is 0 Å². The van der Waals surface area contributed by atoms with Crippen LogP contribution < -0.4 is 10.5 Å². The maximum absolute atomic E-state index is 6.01. The number of rotatable bonds is 5. The van der Waals surface area contributed by atoms with Crippen LogP contribution in [0, 0.1) is 6.92 Å². The molecule has 21 heavy (non-hydrogen) atoms. The highest BCUT2D eigenvalue weighted by molar-refractivity contribution is 9.10. The number of hydrogen-bond donors (Lipinski definition) is 1. The fraction of sp³-hybridized carbons (Fsp3) is 0.438. The molecule has 1 aromatic carbocycles. The van der Waals surface area contributed by atoms with Gasteiger partial charge in [0, 0.05) is 18.7 Å². The molecule has 5 heteroatoms. The van der Waals surface area contributed by atoms with Gasteiger partial charge in [0.1, 0.15) is 12.4 Å². The average molecular weight is 352 g/mol. The van der Waals surface area contributed by atoms with Gasteiger partial charge in [0.15, 0.2) is 0 Å². The molecule has 1 heterocycles. The number of nitrogens with two attached hydrogens (primary N) is 1. The van der Waals surface area contributed by atoms with Gasteiger partial charge in [-0.15, -0.1) is 0 Å². The summed E-state index contributed by atoms with van der Waals surface area (Å²) in [6.07, 6.45) is 0.893. The molecule has 2 rings (SSSR count). The van der Waals surface area contributed by atoms with Gasteiger partial charge in [-0.1, -0.05) is 19.1 Å². The summed E-state index contributed by atoms with van der Waals surface area (Å²) in [5.74, 6) is 0.844. The fourth-order valence-corrected chi connectivity index (χ4v) is 3.00. The van der Waals surface area contributed by atoms with Crippen LogP contribution >= 0.6 is 15.9 Å². The topological polar surface area (TPSA) is 53.1 Å². The third-order valence-electron chi connectivity index (χ3n) is 3.53. The molecule has 0 fully saturated rings. The molecule has 0 radical (unpaired) electrons. The summed E-state index contributed by atoms with van der Waals surface area (Å²) in [4.78, 5) is 0. The fourth-order valence-electron chi connectivity index (χ4n) is 2.27. The predicted molar refractivity (Wildman–Crippen MR) is 88.4 cm³/mol. The van der Waals surface area contributed by atoms with Gasteiger partial charge in [0.25, 0.3) is 0 Å². The maximum Gasteiger partial charge on any atom is 0.131 e. The molecular formula is C16H22BrN3O. The second-order valence-electron chi connectivity index (χ2n) is 5.30. The van der Waals surface area contributed by atoms with Crippen LogP contribution in [-0.4, -0.2) is 9.78 Å². The van der Waals surface area contributed by atoms with Crippen molar-refractivity contribution < 1.29 is 4.74 Å². The van der Waals surface area contributed by atoms with E-state index in [1.54, 1.807) is 0 Å². The number of hydrogen-bond acceptors (Lipinski definition) is 3. The average Bonchev–Trinajstić information content (AvgIpc) is 2.71. The van der Waals surface area contributed by atoms with Gasteiger partial charge in [-0.2, -0.15) is 5.10 Å². The number of ether oxygens (including phenoxy) is 1. The summed E-state index contributed by atoms with van der Waals surface area (Å²) in [6.45, 7) is 6.57. The lowest BCUT2D eigenvalue weighted by atomic mass is 10.1. The number of nitrogens with zero attached hydrogens (tertiary/aromatic N) is 2. The van der Waals surface area contributed by atoms with E-state index in [-0.39, 0.29) is 6.04 Å². The normalized spacial score (nSPS) is 12.5. The first-order chi connectivity index (χ1) is 9.93. The van der Waals surface area contributed by atoms with Crippen molar-refractivity contribution in [3.05, 3.63) is 45.2 Å². The van der Waals surface area contributed by atoms with Gasteiger partial charge in [-0.25, -0.2) is 0 Å². The Balaban J connectivity index is 2.24. The molecule has 1 atom stereocenters. The van der Waals surface area contributed by atoms with E-state index in [0.29, 0.717) is 6.61 Å². The lowest BCUT2D eigenvalue weighted by molar-refractivity contribution is 0.289. The number of halogens is 1. The van der Waals surface area contributed by atoms with Crippen molar-refractivity contribution in [3.8, 4) is 5.75 Å². The summed E-state index contributed by atoms with van der Waals surface area (Å²) in [5.41, 5.74) is 10.3. The quantitative estimate of drug-likeness (QED) is 0.894. The second-order valence-corrected chi connectivity index (χ2v) is 6.10. The van der Waals surface area contributed by atoms with E-state index in [4.69, 9.17) is 10.5 Å². The SMILES string of the molecule is CCc1nn(C)c(COc2cc(C)ccc2[C@@H](C)N)c1Br. The van der Waals surface area contributed by atoms with Crippen molar-refractivity contribution in [2.24, 2.45) is 12.8 Å². The van der Waals surface area contributed by atoms with Crippen LogP contribution in [0.1, 0.15) is 42.4 Å². The van der Waals surface area contributed by atoms with E-state index >= 15 is 0 Å². The minimum atomic E-state index is -0.0539. The molecule has 0 unspecified atom stereocenters. The molecule has 0 aliphatic carbocycles. The first kappa shape index (κ1) is 16.0. The lowest BCUT2D eigenvalue weighted by Gasteiger charge is -2.15. The van der Waals surface area contributed by atoms with Crippen molar-refractivity contribution in [3.63, 3.8) is 0 Å². The van der Waals surface area contributed by atoms with Gasteiger partial charge in [-0.3, -0.25) is 4.68 Å². The third kappa shape index (κ3) is 3.47. The smallest absolute Gasteiger partial charge is 0.131 e.